The third kappa shape index (κ3) is 2.26. The van der Waals surface area contributed by atoms with Gasteiger partial charge in [-0.25, -0.2) is 0 Å². The van der Waals surface area contributed by atoms with E-state index in [0.717, 1.165) is 37.7 Å². The zero-order valence-corrected chi connectivity index (χ0v) is 18.4. The Morgan fingerprint density at radius 1 is 1.06 bits per heavy atom. The molecular weight excluding hydrogens is 398 g/mol. The Morgan fingerprint density at radius 3 is 2.88 bits per heavy atom. The number of hydrogen-bond acceptors (Lipinski definition) is 4. The first-order valence-corrected chi connectivity index (χ1v) is 12.0. The molecule has 3 heterocycles. The quantitative estimate of drug-likeness (QED) is 0.691. The van der Waals surface area contributed by atoms with Crippen molar-refractivity contribution in [2.75, 3.05) is 0 Å². The standard InChI is InChI=1S/C28H29NO3/c1-26-9-6-20-15-22-25(31)23(30)7-10-27(22)11-12-28(20,32-27)24(26)5-4-21(26)18-3-2-17-8-13-29-16-19(17)14-18/h2-4,6,8,13-16,23-25,30-31H,5,7,9-12H2,1H3. The Bertz CT molecular complexity index is 1240. The van der Waals surface area contributed by atoms with Gasteiger partial charge in [0, 0.05) is 29.1 Å². The van der Waals surface area contributed by atoms with Crippen LogP contribution in [0, 0.1) is 11.3 Å². The van der Waals surface area contributed by atoms with Crippen LogP contribution < -0.4 is 0 Å². The van der Waals surface area contributed by atoms with Gasteiger partial charge in [0.25, 0.3) is 0 Å². The third-order valence-electron chi connectivity index (χ3n) is 9.33. The number of fused-ring (bicyclic) bond motifs is 2. The van der Waals surface area contributed by atoms with Gasteiger partial charge in [-0.15, -0.1) is 0 Å². The average molecular weight is 428 g/mol. The first-order valence-electron chi connectivity index (χ1n) is 12.0. The van der Waals surface area contributed by atoms with Crippen molar-refractivity contribution in [3.05, 3.63) is 71.6 Å². The second-order valence-corrected chi connectivity index (χ2v) is 10.8. The Labute approximate surface area is 188 Å². The predicted octanol–water partition coefficient (Wildman–Crippen LogP) is 4.72. The molecule has 0 amide bonds. The predicted molar refractivity (Wildman–Crippen MR) is 124 cm³/mol. The van der Waals surface area contributed by atoms with E-state index in [1.807, 2.05) is 12.4 Å². The number of allylic oxidation sites excluding steroid dienone is 3. The SMILES string of the molecule is CC12CC=C3C=C4C(O)C(O)CCC45CCC3(O5)C1CC=C2c1ccc2ccncc2c1. The van der Waals surface area contributed by atoms with Crippen LogP contribution in [0.2, 0.25) is 0 Å². The Balaban J connectivity index is 1.32. The van der Waals surface area contributed by atoms with Crippen molar-refractivity contribution in [3.63, 3.8) is 0 Å². The second kappa shape index (κ2) is 6.19. The maximum Gasteiger partial charge on any atom is 0.104 e. The van der Waals surface area contributed by atoms with Crippen LogP contribution >= 0.6 is 0 Å². The number of aliphatic hydroxyl groups is 2. The summed E-state index contributed by atoms with van der Waals surface area (Å²) in [7, 11) is 0. The Morgan fingerprint density at radius 2 is 1.97 bits per heavy atom. The van der Waals surface area contributed by atoms with E-state index in [1.54, 1.807) is 0 Å². The number of hydrogen-bond donors (Lipinski definition) is 2. The molecule has 1 saturated carbocycles. The molecule has 4 heteroatoms. The van der Waals surface area contributed by atoms with Crippen LogP contribution in [0.25, 0.3) is 16.3 Å². The summed E-state index contributed by atoms with van der Waals surface area (Å²) >= 11 is 0. The summed E-state index contributed by atoms with van der Waals surface area (Å²) in [5.74, 6) is 0.385. The molecule has 0 radical (unpaired) electrons. The van der Waals surface area contributed by atoms with E-state index in [2.05, 4.69) is 54.4 Å². The minimum Gasteiger partial charge on any atom is -0.390 e. The number of aromatic nitrogens is 1. The van der Waals surface area contributed by atoms with Gasteiger partial charge < -0.3 is 14.9 Å². The molecule has 2 spiro atoms. The zero-order chi connectivity index (χ0) is 21.7. The maximum atomic E-state index is 10.8. The molecule has 5 aliphatic rings. The highest BCUT2D eigenvalue weighted by Gasteiger charge is 2.66. The van der Waals surface area contributed by atoms with Gasteiger partial charge in [-0.3, -0.25) is 4.98 Å². The zero-order valence-electron chi connectivity index (χ0n) is 18.4. The molecule has 2 aliphatic heterocycles. The van der Waals surface area contributed by atoms with Crippen molar-refractivity contribution in [3.8, 4) is 0 Å². The van der Waals surface area contributed by atoms with Crippen molar-refractivity contribution in [1.29, 1.82) is 0 Å². The van der Waals surface area contributed by atoms with E-state index in [4.69, 9.17) is 4.74 Å². The molecule has 1 saturated heterocycles. The molecule has 1 aromatic carbocycles. The summed E-state index contributed by atoms with van der Waals surface area (Å²) < 4.78 is 7.08. The van der Waals surface area contributed by atoms with E-state index in [0.29, 0.717) is 12.3 Å². The molecule has 4 nitrogen and oxygen atoms in total. The minimum absolute atomic E-state index is 0.0169. The number of benzene rings is 1. The van der Waals surface area contributed by atoms with Gasteiger partial charge in [-0.1, -0.05) is 37.3 Å². The van der Waals surface area contributed by atoms with Gasteiger partial charge in [0.2, 0.25) is 0 Å². The van der Waals surface area contributed by atoms with E-state index in [-0.39, 0.29) is 11.0 Å². The lowest BCUT2D eigenvalue weighted by Gasteiger charge is -2.54. The molecular formula is C28H29NO3. The smallest absolute Gasteiger partial charge is 0.104 e. The van der Waals surface area contributed by atoms with Gasteiger partial charge in [0.1, 0.15) is 6.10 Å². The molecule has 6 atom stereocenters. The van der Waals surface area contributed by atoms with Gasteiger partial charge in [0.05, 0.1) is 17.3 Å². The molecule has 32 heavy (non-hydrogen) atoms. The molecule has 164 valence electrons. The monoisotopic (exact) mass is 427 g/mol. The summed E-state index contributed by atoms with van der Waals surface area (Å²) in [6.45, 7) is 2.42. The maximum absolute atomic E-state index is 10.8. The van der Waals surface area contributed by atoms with Crippen LogP contribution in [0.3, 0.4) is 0 Å². The van der Waals surface area contributed by atoms with Crippen molar-refractivity contribution in [1.82, 2.24) is 4.98 Å². The topological polar surface area (TPSA) is 62.6 Å². The third-order valence-corrected chi connectivity index (χ3v) is 9.33. The van der Waals surface area contributed by atoms with Crippen molar-refractivity contribution in [2.24, 2.45) is 11.3 Å². The van der Waals surface area contributed by atoms with E-state index in [1.165, 1.54) is 27.5 Å². The molecule has 3 aliphatic carbocycles. The highest BCUT2D eigenvalue weighted by atomic mass is 16.5. The fraction of sp³-hybridized carbons (Fsp3) is 0.464. The Hall–Kier alpha value is -2.27. The summed E-state index contributed by atoms with van der Waals surface area (Å²) in [6.07, 6.45) is 14.6. The van der Waals surface area contributed by atoms with Gasteiger partial charge in [-0.2, -0.15) is 0 Å². The fourth-order valence-corrected chi connectivity index (χ4v) is 7.66. The normalized spacial score (nSPS) is 42.0. The van der Waals surface area contributed by atoms with Crippen LogP contribution in [0.5, 0.6) is 0 Å². The lowest BCUT2D eigenvalue weighted by Crippen LogP contribution is -2.56. The lowest BCUT2D eigenvalue weighted by atomic mass is 9.58. The summed E-state index contributed by atoms with van der Waals surface area (Å²) in [5, 5.41) is 23.4. The fourth-order valence-electron chi connectivity index (χ4n) is 7.66. The molecule has 2 aromatic rings. The van der Waals surface area contributed by atoms with E-state index < -0.39 is 17.8 Å². The minimum atomic E-state index is -0.808. The largest absolute Gasteiger partial charge is 0.390 e. The van der Waals surface area contributed by atoms with E-state index in [9.17, 15) is 10.2 Å². The van der Waals surface area contributed by atoms with Crippen molar-refractivity contribution < 1.29 is 14.9 Å². The molecule has 2 fully saturated rings. The lowest BCUT2D eigenvalue weighted by molar-refractivity contribution is -0.147. The van der Waals surface area contributed by atoms with Crippen LogP contribution in [0.15, 0.2) is 66.0 Å². The second-order valence-electron chi connectivity index (χ2n) is 10.8. The van der Waals surface area contributed by atoms with Crippen molar-refractivity contribution in [2.45, 2.75) is 68.9 Å². The van der Waals surface area contributed by atoms with Crippen molar-refractivity contribution >= 4 is 16.3 Å². The van der Waals surface area contributed by atoms with Crippen LogP contribution in [0.1, 0.15) is 51.0 Å². The Kier molecular flexibility index (Phi) is 3.72. The number of nitrogens with zero attached hydrogens (tertiary/aromatic N) is 1. The first-order chi connectivity index (χ1) is 15.5. The highest BCUT2D eigenvalue weighted by molar-refractivity contribution is 5.87. The molecule has 1 aromatic heterocycles. The first kappa shape index (κ1) is 19.2. The molecule has 7 rings (SSSR count). The number of ether oxygens (including phenoxy) is 1. The average Bonchev–Trinajstić information content (AvgIpc) is 3.32. The van der Waals surface area contributed by atoms with E-state index >= 15 is 0 Å². The van der Waals surface area contributed by atoms with Gasteiger partial charge >= 0.3 is 0 Å². The molecule has 2 N–H and O–H groups in total. The summed E-state index contributed by atoms with van der Waals surface area (Å²) in [6, 6.07) is 8.81. The highest BCUT2D eigenvalue weighted by Crippen LogP contribution is 2.67. The number of rotatable bonds is 1. The summed E-state index contributed by atoms with van der Waals surface area (Å²) in [4.78, 5) is 4.32. The molecule has 2 bridgehead atoms. The van der Waals surface area contributed by atoms with Crippen LogP contribution in [-0.2, 0) is 4.74 Å². The van der Waals surface area contributed by atoms with Gasteiger partial charge in [0.15, 0.2) is 0 Å². The number of aliphatic hydroxyl groups excluding tert-OH is 2. The van der Waals surface area contributed by atoms with Crippen LogP contribution in [-0.4, -0.2) is 38.6 Å². The van der Waals surface area contributed by atoms with Gasteiger partial charge in [-0.05, 0) is 78.3 Å². The molecule has 6 unspecified atom stereocenters. The van der Waals surface area contributed by atoms with Crippen LogP contribution in [0.4, 0.5) is 0 Å². The number of pyridine rings is 1. The summed E-state index contributed by atoms with van der Waals surface area (Å²) in [5.41, 5.74) is 4.20.